The van der Waals surface area contributed by atoms with Crippen molar-refractivity contribution in [2.45, 2.75) is 31.3 Å². The van der Waals surface area contributed by atoms with Gasteiger partial charge in [-0.25, -0.2) is 0 Å². The zero-order chi connectivity index (χ0) is 22.1. The van der Waals surface area contributed by atoms with Gasteiger partial charge in [0.05, 0.1) is 14.2 Å². The van der Waals surface area contributed by atoms with Crippen LogP contribution in [0.15, 0.2) is 71.5 Å². The predicted octanol–water partition coefficient (Wildman–Crippen LogP) is 4.27. The van der Waals surface area contributed by atoms with E-state index >= 15 is 0 Å². The van der Waals surface area contributed by atoms with Gasteiger partial charge in [-0.15, -0.1) is 0 Å². The summed E-state index contributed by atoms with van der Waals surface area (Å²) in [6, 6.07) is 22.6. The summed E-state index contributed by atoms with van der Waals surface area (Å²) in [5.74, 6) is 2.37. The second-order valence-electron chi connectivity index (χ2n) is 8.96. The Morgan fingerprint density at radius 3 is 2.50 bits per heavy atom. The lowest BCUT2D eigenvalue weighted by Gasteiger charge is -2.47. The van der Waals surface area contributed by atoms with E-state index in [1.54, 1.807) is 20.3 Å². The van der Waals surface area contributed by atoms with Crippen LogP contribution in [0.1, 0.15) is 35.2 Å². The molecule has 0 aliphatic carbocycles. The van der Waals surface area contributed by atoms with Crippen molar-refractivity contribution in [1.82, 2.24) is 9.47 Å². The van der Waals surface area contributed by atoms with Crippen LogP contribution in [0, 0.1) is 5.92 Å². The first-order chi connectivity index (χ1) is 15.7. The first-order valence-electron chi connectivity index (χ1n) is 11.4. The van der Waals surface area contributed by atoms with Crippen molar-refractivity contribution in [3.8, 4) is 11.5 Å². The van der Waals surface area contributed by atoms with E-state index in [0.717, 1.165) is 49.5 Å². The molecule has 5 nitrogen and oxygen atoms in total. The van der Waals surface area contributed by atoms with Gasteiger partial charge < -0.3 is 14.0 Å². The summed E-state index contributed by atoms with van der Waals surface area (Å²) in [5.41, 5.74) is 3.72. The van der Waals surface area contributed by atoms with Gasteiger partial charge in [-0.2, -0.15) is 0 Å². The van der Waals surface area contributed by atoms with Gasteiger partial charge in [0.1, 0.15) is 0 Å². The Labute approximate surface area is 189 Å². The Hall–Kier alpha value is -3.05. The maximum Gasteiger partial charge on any atom is 0.251 e. The molecule has 3 atom stereocenters. The molecule has 0 N–H and O–H groups in total. The number of para-hydroxylation sites is 1. The molecule has 1 aromatic heterocycles. The third-order valence-electron chi connectivity index (χ3n) is 7.04. The minimum absolute atomic E-state index is 0.126. The number of likely N-dealkylation sites (tertiary alicyclic amines) is 1. The van der Waals surface area contributed by atoms with Crippen molar-refractivity contribution in [2.75, 3.05) is 27.3 Å². The third-order valence-corrected chi connectivity index (χ3v) is 7.04. The van der Waals surface area contributed by atoms with Gasteiger partial charge in [0.2, 0.25) is 0 Å². The fourth-order valence-electron chi connectivity index (χ4n) is 5.70. The Kier molecular flexibility index (Phi) is 5.75. The number of aromatic nitrogens is 1. The third kappa shape index (κ3) is 3.82. The Balaban J connectivity index is 1.47. The van der Waals surface area contributed by atoms with Crippen LogP contribution in [0.2, 0.25) is 0 Å². The summed E-state index contributed by atoms with van der Waals surface area (Å²) in [7, 11) is 3.38. The van der Waals surface area contributed by atoms with Gasteiger partial charge in [-0.05, 0) is 36.5 Å². The monoisotopic (exact) mass is 430 g/mol. The predicted molar refractivity (Wildman–Crippen MR) is 126 cm³/mol. The molecule has 166 valence electrons. The van der Waals surface area contributed by atoms with Crippen LogP contribution in [0.25, 0.3) is 0 Å². The summed E-state index contributed by atoms with van der Waals surface area (Å²) in [6.45, 7) is 2.72. The molecule has 0 amide bonds. The second-order valence-corrected chi connectivity index (χ2v) is 8.96. The van der Waals surface area contributed by atoms with Gasteiger partial charge in [0.15, 0.2) is 11.5 Å². The molecule has 3 heterocycles. The quantitative estimate of drug-likeness (QED) is 0.586. The topological polar surface area (TPSA) is 43.7 Å². The molecule has 0 radical (unpaired) electrons. The number of methoxy groups -OCH3 is 2. The number of ether oxygens (including phenoxy) is 2. The molecule has 0 unspecified atom stereocenters. The van der Waals surface area contributed by atoms with Gasteiger partial charge in [-0.3, -0.25) is 9.69 Å². The molecule has 1 fully saturated rings. The van der Waals surface area contributed by atoms with E-state index in [2.05, 4.69) is 45.9 Å². The van der Waals surface area contributed by atoms with Crippen LogP contribution in [-0.2, 0) is 13.0 Å². The van der Waals surface area contributed by atoms with Gasteiger partial charge in [-0.1, -0.05) is 48.5 Å². The molecule has 5 heteroatoms. The number of piperidine rings is 1. The highest BCUT2D eigenvalue weighted by Crippen LogP contribution is 2.43. The summed E-state index contributed by atoms with van der Waals surface area (Å²) >= 11 is 0. The van der Waals surface area contributed by atoms with Crippen LogP contribution in [0.5, 0.6) is 11.5 Å². The molecule has 2 aliphatic heterocycles. The van der Waals surface area contributed by atoms with Crippen LogP contribution in [0.4, 0.5) is 0 Å². The molecular weight excluding hydrogens is 400 g/mol. The standard InChI is InChI=1S/C27H30N2O3/c1-31-25-12-6-10-20(27(25)32-2)16-28-17-21-15-22(18-28)24(14-19-8-4-3-5-9-19)29-23(21)11-7-13-26(29)30/h3-13,21-22,24H,14-18H2,1-2H3/t21-,22+,24+/m1/s1. The van der Waals surface area contributed by atoms with E-state index in [9.17, 15) is 4.79 Å². The maximum absolute atomic E-state index is 12.9. The average molecular weight is 431 g/mol. The number of hydrogen-bond donors (Lipinski definition) is 0. The minimum atomic E-state index is 0.126. The molecule has 0 saturated carbocycles. The summed E-state index contributed by atoms with van der Waals surface area (Å²) in [5, 5.41) is 0. The van der Waals surface area contributed by atoms with E-state index in [4.69, 9.17) is 9.47 Å². The molecule has 2 aromatic carbocycles. The largest absolute Gasteiger partial charge is 0.493 e. The van der Waals surface area contributed by atoms with E-state index in [1.165, 1.54) is 11.3 Å². The van der Waals surface area contributed by atoms with Crippen LogP contribution < -0.4 is 15.0 Å². The Morgan fingerprint density at radius 1 is 0.906 bits per heavy atom. The van der Waals surface area contributed by atoms with Gasteiger partial charge >= 0.3 is 0 Å². The van der Waals surface area contributed by atoms with Crippen molar-refractivity contribution in [3.05, 3.63) is 93.9 Å². The molecule has 2 aliphatic rings. The smallest absolute Gasteiger partial charge is 0.251 e. The number of pyridine rings is 1. The van der Waals surface area contributed by atoms with Crippen LogP contribution in [-0.4, -0.2) is 36.8 Å². The fraction of sp³-hybridized carbons (Fsp3) is 0.370. The zero-order valence-corrected chi connectivity index (χ0v) is 18.7. The van der Waals surface area contributed by atoms with E-state index in [-0.39, 0.29) is 11.6 Å². The number of fused-ring (bicyclic) bond motifs is 4. The van der Waals surface area contributed by atoms with Crippen molar-refractivity contribution < 1.29 is 9.47 Å². The lowest BCUT2D eigenvalue weighted by atomic mass is 9.76. The van der Waals surface area contributed by atoms with Crippen molar-refractivity contribution in [2.24, 2.45) is 5.92 Å². The summed E-state index contributed by atoms with van der Waals surface area (Å²) < 4.78 is 13.3. The van der Waals surface area contributed by atoms with Crippen LogP contribution >= 0.6 is 0 Å². The Bertz CT molecular complexity index is 1140. The molecule has 5 rings (SSSR count). The van der Waals surface area contributed by atoms with Crippen molar-refractivity contribution in [3.63, 3.8) is 0 Å². The van der Waals surface area contributed by atoms with E-state index in [0.29, 0.717) is 11.8 Å². The van der Waals surface area contributed by atoms with Crippen molar-refractivity contribution in [1.29, 1.82) is 0 Å². The van der Waals surface area contributed by atoms with Crippen molar-refractivity contribution >= 4 is 0 Å². The fourth-order valence-corrected chi connectivity index (χ4v) is 5.70. The maximum atomic E-state index is 12.9. The lowest BCUT2D eigenvalue weighted by Crippen LogP contribution is -2.49. The number of hydrogen-bond acceptors (Lipinski definition) is 4. The van der Waals surface area contributed by atoms with E-state index < -0.39 is 0 Å². The highest BCUT2D eigenvalue weighted by Gasteiger charge is 2.40. The van der Waals surface area contributed by atoms with Gasteiger partial charge in [0.25, 0.3) is 5.56 Å². The minimum Gasteiger partial charge on any atom is -0.493 e. The number of rotatable bonds is 6. The van der Waals surface area contributed by atoms with Gasteiger partial charge in [0, 0.05) is 48.9 Å². The second kappa shape index (κ2) is 8.83. The molecule has 32 heavy (non-hydrogen) atoms. The molecule has 0 spiro atoms. The van der Waals surface area contributed by atoms with E-state index in [1.807, 2.05) is 24.3 Å². The Morgan fingerprint density at radius 2 is 1.72 bits per heavy atom. The average Bonchev–Trinajstić information content (AvgIpc) is 2.82. The number of nitrogens with zero attached hydrogens (tertiary/aromatic N) is 2. The summed E-state index contributed by atoms with van der Waals surface area (Å²) in [6.07, 6.45) is 2.01. The number of benzene rings is 2. The highest BCUT2D eigenvalue weighted by molar-refractivity contribution is 5.46. The molecule has 3 aromatic rings. The van der Waals surface area contributed by atoms with Crippen LogP contribution in [0.3, 0.4) is 0 Å². The SMILES string of the molecule is COc1cccc(CN2C[C@H]3C[C@@H](C2)[C@H](Cc2ccccc2)n2c3cccc2=O)c1OC. The molecule has 1 saturated heterocycles. The summed E-state index contributed by atoms with van der Waals surface area (Å²) in [4.78, 5) is 15.5. The first kappa shape index (κ1) is 20.8. The zero-order valence-electron chi connectivity index (χ0n) is 18.7. The molecule has 2 bridgehead atoms. The normalized spacial score (nSPS) is 22.2. The first-order valence-corrected chi connectivity index (χ1v) is 11.4. The highest BCUT2D eigenvalue weighted by atomic mass is 16.5. The molecular formula is C27H30N2O3. The lowest BCUT2D eigenvalue weighted by molar-refractivity contribution is 0.0846.